The molecule has 6 atom stereocenters. The quantitative estimate of drug-likeness (QED) is 0.531. The summed E-state index contributed by atoms with van der Waals surface area (Å²) in [5.74, 6) is 1.08. The van der Waals surface area contributed by atoms with Gasteiger partial charge < -0.3 is 23.4 Å². The highest BCUT2D eigenvalue weighted by atomic mass is 16.7. The van der Waals surface area contributed by atoms with Gasteiger partial charge in [-0.15, -0.1) is 0 Å². The van der Waals surface area contributed by atoms with E-state index in [1.54, 1.807) is 14.0 Å². The Hall–Kier alpha value is -1.89. The number of fused-ring (bicyclic) bond motifs is 1. The number of epoxide rings is 2. The molecule has 1 aromatic heterocycles. The summed E-state index contributed by atoms with van der Waals surface area (Å²) in [7, 11) is 1.56. The predicted molar refractivity (Wildman–Crippen MR) is 113 cm³/mol. The molecule has 3 fully saturated rings. The number of hydrogen-bond donors (Lipinski definition) is 0. The molecule has 6 unspecified atom stereocenters. The minimum absolute atomic E-state index is 0.0686. The maximum atomic E-state index is 12.3. The van der Waals surface area contributed by atoms with Gasteiger partial charge in [0.2, 0.25) is 0 Å². The van der Waals surface area contributed by atoms with Crippen LogP contribution in [0.15, 0.2) is 32.5 Å². The van der Waals surface area contributed by atoms with Crippen molar-refractivity contribution >= 4 is 0 Å². The lowest BCUT2D eigenvalue weighted by Crippen LogP contribution is -2.30. The maximum Gasteiger partial charge on any atom is 0.342 e. The van der Waals surface area contributed by atoms with Crippen molar-refractivity contribution in [1.82, 2.24) is 0 Å². The largest absolute Gasteiger partial charge is 0.496 e. The average molecular weight is 417 g/mol. The van der Waals surface area contributed by atoms with Crippen LogP contribution in [-0.2, 0) is 19.8 Å². The van der Waals surface area contributed by atoms with E-state index < -0.39 is 16.8 Å². The number of rotatable bonds is 5. The van der Waals surface area contributed by atoms with Gasteiger partial charge in [-0.3, -0.25) is 0 Å². The summed E-state index contributed by atoms with van der Waals surface area (Å²) >= 11 is 0. The van der Waals surface area contributed by atoms with E-state index in [4.69, 9.17) is 23.4 Å². The SMILES string of the molecule is COc1c(C)c(C2(C)OC2/C(C)=C/C(C)=C/C2(C)OC(C)C3(C)OC23)oc(=O)c1C. The molecule has 1 aromatic rings. The van der Waals surface area contributed by atoms with E-state index in [1.165, 1.54) is 0 Å². The number of methoxy groups -OCH3 is 1. The van der Waals surface area contributed by atoms with Crippen molar-refractivity contribution in [2.45, 2.75) is 90.5 Å². The van der Waals surface area contributed by atoms with Gasteiger partial charge in [0.15, 0.2) is 5.60 Å². The summed E-state index contributed by atoms with van der Waals surface area (Å²) in [5, 5.41) is 0. The van der Waals surface area contributed by atoms with Crippen LogP contribution in [-0.4, -0.2) is 36.6 Å². The average Bonchev–Trinajstić information content (AvgIpc) is 3.52. The summed E-state index contributed by atoms with van der Waals surface area (Å²) in [6, 6.07) is 0. The molecule has 6 nitrogen and oxygen atoms in total. The third-order valence-corrected chi connectivity index (χ3v) is 6.96. The lowest BCUT2D eigenvalue weighted by Gasteiger charge is -2.24. The number of hydrogen-bond acceptors (Lipinski definition) is 6. The van der Waals surface area contributed by atoms with E-state index in [1.807, 2.05) is 20.8 Å². The second-order valence-electron chi connectivity index (χ2n) is 9.51. The second kappa shape index (κ2) is 6.55. The molecule has 0 bridgehead atoms. The van der Waals surface area contributed by atoms with Crippen molar-refractivity contribution in [3.8, 4) is 5.75 Å². The van der Waals surface area contributed by atoms with Crippen molar-refractivity contribution in [2.24, 2.45) is 0 Å². The van der Waals surface area contributed by atoms with Crippen LogP contribution < -0.4 is 10.4 Å². The molecule has 3 saturated heterocycles. The number of allylic oxidation sites excluding steroid dienone is 2. The fraction of sp³-hybridized carbons (Fsp3) is 0.625. The Kier molecular flexibility index (Phi) is 4.66. The normalized spacial score (nSPS) is 40.4. The zero-order valence-corrected chi connectivity index (χ0v) is 19.3. The van der Waals surface area contributed by atoms with Gasteiger partial charge in [0, 0.05) is 5.56 Å². The van der Waals surface area contributed by atoms with Crippen LogP contribution in [0, 0.1) is 13.8 Å². The van der Waals surface area contributed by atoms with Gasteiger partial charge >= 0.3 is 5.63 Å². The summed E-state index contributed by atoms with van der Waals surface area (Å²) in [6.45, 7) is 15.9. The Bertz CT molecular complexity index is 1020. The lowest BCUT2D eigenvalue weighted by atomic mass is 9.91. The van der Waals surface area contributed by atoms with Crippen LogP contribution in [0.4, 0.5) is 0 Å². The predicted octanol–water partition coefficient (Wildman–Crippen LogP) is 4.11. The summed E-state index contributed by atoms with van der Waals surface area (Å²) in [6.07, 6.45) is 4.22. The molecule has 30 heavy (non-hydrogen) atoms. The van der Waals surface area contributed by atoms with E-state index in [-0.39, 0.29) is 23.9 Å². The second-order valence-corrected chi connectivity index (χ2v) is 9.51. The third kappa shape index (κ3) is 3.00. The minimum atomic E-state index is -0.689. The van der Waals surface area contributed by atoms with E-state index >= 15 is 0 Å². The molecule has 3 aliphatic rings. The smallest absolute Gasteiger partial charge is 0.342 e. The summed E-state index contributed by atoms with van der Waals surface area (Å²) in [4.78, 5) is 12.3. The Morgan fingerprint density at radius 3 is 2.27 bits per heavy atom. The summed E-state index contributed by atoms with van der Waals surface area (Å²) in [5.41, 5.74) is 1.71. The molecule has 0 N–H and O–H groups in total. The van der Waals surface area contributed by atoms with Crippen molar-refractivity contribution in [1.29, 1.82) is 0 Å². The molecular weight excluding hydrogens is 384 g/mol. The van der Waals surface area contributed by atoms with Gasteiger partial charge in [-0.25, -0.2) is 4.79 Å². The first-order valence-electron chi connectivity index (χ1n) is 10.5. The zero-order chi connectivity index (χ0) is 22.2. The highest BCUT2D eigenvalue weighted by Gasteiger charge is 2.71. The monoisotopic (exact) mass is 416 g/mol. The molecule has 3 aliphatic heterocycles. The first kappa shape index (κ1) is 21.3. The Balaban J connectivity index is 1.58. The topological polar surface area (TPSA) is 73.7 Å². The van der Waals surface area contributed by atoms with Gasteiger partial charge in [0.25, 0.3) is 0 Å². The molecule has 0 saturated carbocycles. The van der Waals surface area contributed by atoms with Gasteiger partial charge in [-0.1, -0.05) is 11.6 Å². The standard InChI is InChI=1S/C24H32O6/c1-12(11-22(6)21-23(7,30-21)16(5)28-22)10-13(2)18-24(8,29-18)19-14(3)17(26-9)15(4)20(25)27-19/h10-11,16,18,21H,1-9H3/b12-11+,13-10+. The highest BCUT2D eigenvalue weighted by molar-refractivity contribution is 5.45. The molecule has 4 rings (SSSR count). The molecule has 0 spiro atoms. The fourth-order valence-corrected chi connectivity index (χ4v) is 5.23. The first-order valence-corrected chi connectivity index (χ1v) is 10.5. The van der Waals surface area contributed by atoms with Crippen LogP contribution >= 0.6 is 0 Å². The van der Waals surface area contributed by atoms with Gasteiger partial charge in [0.05, 0.1) is 18.8 Å². The van der Waals surface area contributed by atoms with Gasteiger partial charge in [-0.05, 0) is 67.0 Å². The molecule has 0 aromatic carbocycles. The lowest BCUT2D eigenvalue weighted by molar-refractivity contribution is -0.0719. The van der Waals surface area contributed by atoms with Gasteiger partial charge in [-0.2, -0.15) is 0 Å². The summed E-state index contributed by atoms with van der Waals surface area (Å²) < 4.78 is 29.2. The van der Waals surface area contributed by atoms with Crippen molar-refractivity contribution in [3.63, 3.8) is 0 Å². The molecule has 0 amide bonds. The molecule has 4 heterocycles. The van der Waals surface area contributed by atoms with Gasteiger partial charge in [0.1, 0.15) is 34.9 Å². The van der Waals surface area contributed by atoms with Crippen LogP contribution in [0.1, 0.15) is 58.4 Å². The van der Waals surface area contributed by atoms with Crippen molar-refractivity contribution < 1.29 is 23.4 Å². The van der Waals surface area contributed by atoms with Crippen LogP contribution in [0.2, 0.25) is 0 Å². The van der Waals surface area contributed by atoms with Crippen LogP contribution in [0.25, 0.3) is 0 Å². The maximum absolute atomic E-state index is 12.3. The molecular formula is C24H32O6. The fourth-order valence-electron chi connectivity index (χ4n) is 5.23. The Labute approximate surface area is 177 Å². The van der Waals surface area contributed by atoms with E-state index in [0.717, 1.165) is 16.7 Å². The van der Waals surface area contributed by atoms with Crippen LogP contribution in [0.3, 0.4) is 0 Å². The zero-order valence-electron chi connectivity index (χ0n) is 19.3. The molecule has 0 aliphatic carbocycles. The molecule has 0 radical (unpaired) electrons. The molecule has 164 valence electrons. The molecule has 6 heteroatoms. The van der Waals surface area contributed by atoms with Crippen molar-refractivity contribution in [3.05, 3.63) is 50.6 Å². The Morgan fingerprint density at radius 1 is 1.07 bits per heavy atom. The Morgan fingerprint density at radius 2 is 1.73 bits per heavy atom. The number of ether oxygens (including phenoxy) is 4. The highest BCUT2D eigenvalue weighted by Crippen LogP contribution is 2.56. The first-order chi connectivity index (χ1) is 13.9. The van der Waals surface area contributed by atoms with E-state index in [9.17, 15) is 4.79 Å². The van der Waals surface area contributed by atoms with Crippen molar-refractivity contribution in [2.75, 3.05) is 7.11 Å². The minimum Gasteiger partial charge on any atom is -0.496 e. The van der Waals surface area contributed by atoms with E-state index in [0.29, 0.717) is 17.1 Å². The van der Waals surface area contributed by atoms with E-state index in [2.05, 4.69) is 39.8 Å². The van der Waals surface area contributed by atoms with Crippen LogP contribution in [0.5, 0.6) is 5.75 Å². The third-order valence-electron chi connectivity index (χ3n) is 6.96.